The lowest BCUT2D eigenvalue weighted by molar-refractivity contribution is -0.0596. The van der Waals surface area contributed by atoms with E-state index < -0.39 is 12.0 Å². The molecule has 0 bridgehead atoms. The van der Waals surface area contributed by atoms with Gasteiger partial charge >= 0.3 is 0 Å². The predicted octanol–water partition coefficient (Wildman–Crippen LogP) is 3.19. The maximum Gasteiger partial charge on any atom is 0.291 e. The van der Waals surface area contributed by atoms with Gasteiger partial charge in [-0.05, 0) is 31.4 Å². The molecule has 88 valence electrons. The van der Waals surface area contributed by atoms with Gasteiger partial charge in [0.2, 0.25) is 0 Å². The third-order valence-electron chi connectivity index (χ3n) is 2.34. The van der Waals surface area contributed by atoms with Gasteiger partial charge in [-0.15, -0.1) is 0 Å². The first kappa shape index (κ1) is 12.8. The number of aliphatic hydroxyl groups is 1. The van der Waals surface area contributed by atoms with E-state index in [-0.39, 0.29) is 0 Å². The molecule has 1 rings (SSSR count). The number of rotatable bonds is 5. The molecule has 1 unspecified atom stereocenters. The fourth-order valence-corrected chi connectivity index (χ4v) is 1.27. The highest BCUT2D eigenvalue weighted by Crippen LogP contribution is 2.20. The monoisotopic (exact) mass is 226 g/mol. The van der Waals surface area contributed by atoms with Crippen LogP contribution in [0.2, 0.25) is 0 Å². The highest BCUT2D eigenvalue weighted by molar-refractivity contribution is 5.15. The Morgan fingerprint density at radius 2 is 1.94 bits per heavy atom. The van der Waals surface area contributed by atoms with Crippen LogP contribution in [0.5, 0.6) is 0 Å². The molecule has 0 saturated heterocycles. The molecule has 0 saturated carbocycles. The standard InChI is InChI=1S/C13H16F2O/c1-11(16)13(14,15)10-6-5-9-12-7-3-2-4-8-12/h2-4,6-8,10-11,16H,5,9H2,1H3/b10-6+. The van der Waals surface area contributed by atoms with Crippen molar-refractivity contribution in [2.24, 2.45) is 0 Å². The van der Waals surface area contributed by atoms with Gasteiger partial charge in [0.15, 0.2) is 0 Å². The number of hydrogen-bond acceptors (Lipinski definition) is 1. The Bertz CT molecular complexity index is 331. The van der Waals surface area contributed by atoms with Crippen LogP contribution in [-0.4, -0.2) is 17.1 Å². The van der Waals surface area contributed by atoms with Crippen LogP contribution >= 0.6 is 0 Å². The van der Waals surface area contributed by atoms with Crippen molar-refractivity contribution in [2.75, 3.05) is 0 Å². The Kier molecular flexibility index (Phi) is 4.62. The molecule has 0 heterocycles. The number of hydrogen-bond donors (Lipinski definition) is 1. The van der Waals surface area contributed by atoms with Gasteiger partial charge in [-0.2, -0.15) is 8.78 Å². The Morgan fingerprint density at radius 1 is 1.31 bits per heavy atom. The number of halogens is 2. The lowest BCUT2D eigenvalue weighted by Crippen LogP contribution is -2.27. The first-order valence-electron chi connectivity index (χ1n) is 5.30. The zero-order chi connectivity index (χ0) is 12.0. The van der Waals surface area contributed by atoms with Crippen molar-refractivity contribution in [1.29, 1.82) is 0 Å². The first-order chi connectivity index (χ1) is 7.52. The zero-order valence-electron chi connectivity index (χ0n) is 9.24. The van der Waals surface area contributed by atoms with Gasteiger partial charge in [-0.1, -0.05) is 36.4 Å². The van der Waals surface area contributed by atoms with E-state index in [2.05, 4.69) is 0 Å². The predicted molar refractivity (Wildman–Crippen MR) is 60.5 cm³/mol. The van der Waals surface area contributed by atoms with Gasteiger partial charge in [-0.3, -0.25) is 0 Å². The van der Waals surface area contributed by atoms with Crippen LogP contribution in [0.25, 0.3) is 0 Å². The molecule has 0 aliphatic carbocycles. The van der Waals surface area contributed by atoms with E-state index >= 15 is 0 Å². The Hall–Kier alpha value is -1.22. The van der Waals surface area contributed by atoms with E-state index in [1.165, 1.54) is 6.08 Å². The minimum absolute atomic E-state index is 0.548. The maximum absolute atomic E-state index is 12.9. The lowest BCUT2D eigenvalue weighted by Gasteiger charge is -2.14. The van der Waals surface area contributed by atoms with Crippen LogP contribution < -0.4 is 0 Å². The quantitative estimate of drug-likeness (QED) is 0.764. The molecule has 16 heavy (non-hydrogen) atoms. The van der Waals surface area contributed by atoms with Gasteiger partial charge in [0.25, 0.3) is 5.92 Å². The highest BCUT2D eigenvalue weighted by atomic mass is 19.3. The molecule has 0 amide bonds. The van der Waals surface area contributed by atoms with Gasteiger partial charge in [0, 0.05) is 0 Å². The van der Waals surface area contributed by atoms with Crippen LogP contribution in [0.15, 0.2) is 42.5 Å². The minimum atomic E-state index is -3.13. The smallest absolute Gasteiger partial charge is 0.291 e. The molecule has 0 fully saturated rings. The summed E-state index contributed by atoms with van der Waals surface area (Å²) >= 11 is 0. The summed E-state index contributed by atoms with van der Waals surface area (Å²) in [6.07, 6.45) is 1.83. The first-order valence-corrected chi connectivity index (χ1v) is 5.30. The number of alkyl halides is 2. The van der Waals surface area contributed by atoms with Crippen LogP contribution in [0, 0.1) is 0 Å². The molecule has 0 aliphatic heterocycles. The molecular formula is C13H16F2O. The van der Waals surface area contributed by atoms with E-state index in [1.807, 2.05) is 30.3 Å². The number of aliphatic hydroxyl groups excluding tert-OH is 1. The normalized spacial score (nSPS) is 14.2. The summed E-state index contributed by atoms with van der Waals surface area (Å²) in [6, 6.07) is 9.68. The summed E-state index contributed by atoms with van der Waals surface area (Å²) in [5, 5.41) is 8.80. The fraction of sp³-hybridized carbons (Fsp3) is 0.385. The molecule has 1 N–H and O–H groups in total. The number of allylic oxidation sites excluding steroid dienone is 1. The second-order valence-electron chi connectivity index (χ2n) is 3.78. The number of aryl methyl sites for hydroxylation is 1. The molecule has 0 aromatic heterocycles. The van der Waals surface area contributed by atoms with E-state index in [0.29, 0.717) is 6.42 Å². The summed E-state index contributed by atoms with van der Waals surface area (Å²) in [7, 11) is 0. The summed E-state index contributed by atoms with van der Waals surface area (Å²) < 4.78 is 25.9. The molecule has 1 aromatic rings. The van der Waals surface area contributed by atoms with Crippen LogP contribution in [0.1, 0.15) is 18.9 Å². The average Bonchev–Trinajstić information content (AvgIpc) is 2.26. The van der Waals surface area contributed by atoms with Crippen molar-refractivity contribution in [3.05, 3.63) is 48.0 Å². The second kappa shape index (κ2) is 5.75. The number of benzene rings is 1. The molecule has 0 aliphatic rings. The van der Waals surface area contributed by atoms with Gasteiger partial charge in [0.1, 0.15) is 6.10 Å². The maximum atomic E-state index is 12.9. The van der Waals surface area contributed by atoms with E-state index in [9.17, 15) is 8.78 Å². The lowest BCUT2D eigenvalue weighted by atomic mass is 10.1. The molecule has 0 spiro atoms. The van der Waals surface area contributed by atoms with Crippen molar-refractivity contribution < 1.29 is 13.9 Å². The Labute approximate surface area is 94.4 Å². The van der Waals surface area contributed by atoms with Gasteiger partial charge in [0.05, 0.1) is 0 Å². The van der Waals surface area contributed by atoms with Gasteiger partial charge in [-0.25, -0.2) is 0 Å². The molecule has 0 radical (unpaired) electrons. The highest BCUT2D eigenvalue weighted by Gasteiger charge is 2.31. The SMILES string of the molecule is CC(O)C(F)(F)/C=C/CCc1ccccc1. The largest absolute Gasteiger partial charge is 0.387 e. The van der Waals surface area contributed by atoms with Crippen LogP contribution in [0.4, 0.5) is 8.78 Å². The van der Waals surface area contributed by atoms with Crippen molar-refractivity contribution in [2.45, 2.75) is 31.8 Å². The molecular weight excluding hydrogens is 210 g/mol. The second-order valence-corrected chi connectivity index (χ2v) is 3.78. The van der Waals surface area contributed by atoms with Crippen LogP contribution in [0.3, 0.4) is 0 Å². The van der Waals surface area contributed by atoms with E-state index in [0.717, 1.165) is 25.0 Å². The van der Waals surface area contributed by atoms with Crippen molar-refractivity contribution in [3.63, 3.8) is 0 Å². The third-order valence-corrected chi connectivity index (χ3v) is 2.34. The molecule has 3 heteroatoms. The summed E-state index contributed by atoms with van der Waals surface area (Å²) in [4.78, 5) is 0. The third kappa shape index (κ3) is 4.11. The fourth-order valence-electron chi connectivity index (χ4n) is 1.27. The zero-order valence-corrected chi connectivity index (χ0v) is 9.24. The Morgan fingerprint density at radius 3 is 2.50 bits per heavy atom. The minimum Gasteiger partial charge on any atom is -0.387 e. The molecule has 1 atom stereocenters. The van der Waals surface area contributed by atoms with E-state index in [4.69, 9.17) is 5.11 Å². The van der Waals surface area contributed by atoms with Crippen LogP contribution in [-0.2, 0) is 6.42 Å². The van der Waals surface area contributed by atoms with Crippen molar-refractivity contribution in [3.8, 4) is 0 Å². The van der Waals surface area contributed by atoms with E-state index in [1.54, 1.807) is 0 Å². The average molecular weight is 226 g/mol. The van der Waals surface area contributed by atoms with Gasteiger partial charge < -0.3 is 5.11 Å². The molecule has 1 aromatic carbocycles. The topological polar surface area (TPSA) is 20.2 Å². The summed E-state index contributed by atoms with van der Waals surface area (Å²) in [6.45, 7) is 1.08. The summed E-state index contributed by atoms with van der Waals surface area (Å²) in [5.41, 5.74) is 1.12. The molecule has 1 nitrogen and oxygen atoms in total. The Balaban J connectivity index is 2.39. The summed E-state index contributed by atoms with van der Waals surface area (Å²) in [5.74, 6) is -3.13. The van der Waals surface area contributed by atoms with Crippen molar-refractivity contribution >= 4 is 0 Å². The van der Waals surface area contributed by atoms with Crippen molar-refractivity contribution in [1.82, 2.24) is 0 Å².